The summed E-state index contributed by atoms with van der Waals surface area (Å²) in [6, 6.07) is 25.7. The summed E-state index contributed by atoms with van der Waals surface area (Å²) in [5.74, 6) is -2.56. The van der Waals surface area contributed by atoms with Crippen LogP contribution in [0.4, 0.5) is 15.8 Å². The highest BCUT2D eigenvalue weighted by atomic mass is 79.9. The molecule has 0 radical (unpaired) electrons. The van der Waals surface area contributed by atoms with Crippen LogP contribution in [0.15, 0.2) is 108 Å². The van der Waals surface area contributed by atoms with Crippen LogP contribution in [0.3, 0.4) is 0 Å². The third kappa shape index (κ3) is 3.40. The smallest absolute Gasteiger partial charge is 0.238 e. The van der Waals surface area contributed by atoms with Gasteiger partial charge in [-0.3, -0.25) is 14.4 Å². The van der Waals surface area contributed by atoms with Crippen molar-refractivity contribution in [3.8, 4) is 0 Å². The maximum absolute atomic E-state index is 14.6. The standard InChI is InChI=1S/C33H22BrFN2O3/c34-22-14-9-21(10-15-22)31(39)29-28(30(38)20-11-16-23(35)17-12-20)33(24-6-2-3-7-25(24)36-32(33)40)27-18-13-19-5-1-4-8-26(19)37(27)29/h1-18,27-29H,(H,36,40)/t27-,28+,29+,33+/m1/s1. The summed E-state index contributed by atoms with van der Waals surface area (Å²) in [4.78, 5) is 45.4. The maximum Gasteiger partial charge on any atom is 0.238 e. The number of fused-ring (bicyclic) bond motifs is 6. The van der Waals surface area contributed by atoms with Crippen molar-refractivity contribution < 1.29 is 18.8 Å². The summed E-state index contributed by atoms with van der Waals surface area (Å²) in [5, 5.41) is 3.01. The number of halogens is 2. The Bertz CT molecular complexity index is 1730. The first-order valence-electron chi connectivity index (χ1n) is 13.0. The number of para-hydroxylation sites is 2. The summed E-state index contributed by atoms with van der Waals surface area (Å²) in [6.07, 6.45) is 3.89. The number of amides is 1. The van der Waals surface area contributed by atoms with E-state index in [0.717, 1.165) is 15.7 Å². The molecular formula is C33H22BrFN2O3. The third-order valence-corrected chi connectivity index (χ3v) is 8.88. The monoisotopic (exact) mass is 592 g/mol. The van der Waals surface area contributed by atoms with Crippen molar-refractivity contribution in [1.82, 2.24) is 0 Å². The lowest BCUT2D eigenvalue weighted by atomic mass is 9.64. The number of hydrogen-bond acceptors (Lipinski definition) is 4. The van der Waals surface area contributed by atoms with Crippen LogP contribution in [0.2, 0.25) is 0 Å². The average Bonchev–Trinajstić information content (AvgIpc) is 3.45. The highest BCUT2D eigenvalue weighted by molar-refractivity contribution is 9.10. The van der Waals surface area contributed by atoms with Crippen molar-refractivity contribution >= 4 is 50.9 Å². The van der Waals surface area contributed by atoms with Crippen molar-refractivity contribution in [1.29, 1.82) is 0 Å². The minimum atomic E-state index is -1.40. The summed E-state index contributed by atoms with van der Waals surface area (Å²) in [5.41, 5.74) is 2.23. The van der Waals surface area contributed by atoms with E-state index in [1.165, 1.54) is 24.3 Å². The van der Waals surface area contributed by atoms with Gasteiger partial charge in [0.1, 0.15) is 17.3 Å². The number of nitrogens with zero attached hydrogens (tertiary/aromatic N) is 1. The zero-order chi connectivity index (χ0) is 27.6. The molecular weight excluding hydrogens is 571 g/mol. The molecule has 4 atom stereocenters. The SMILES string of the molecule is O=C(c1ccc(Br)cc1)[C@@H]1[C@@H](C(=O)c2ccc(F)cc2)[C@@]2(C(=O)Nc3ccccc32)[C@H]2C=Cc3ccccc3N12. The van der Waals surface area contributed by atoms with Gasteiger partial charge < -0.3 is 10.2 Å². The lowest BCUT2D eigenvalue weighted by Crippen LogP contribution is -2.51. The molecule has 1 spiro atoms. The van der Waals surface area contributed by atoms with Crippen molar-refractivity contribution in [3.63, 3.8) is 0 Å². The molecule has 0 aliphatic carbocycles. The van der Waals surface area contributed by atoms with Gasteiger partial charge in [-0.25, -0.2) is 4.39 Å². The fourth-order valence-corrected chi connectivity index (χ4v) is 6.96. The van der Waals surface area contributed by atoms with Crippen LogP contribution < -0.4 is 10.2 Å². The number of benzene rings is 4. The Balaban J connectivity index is 1.53. The molecule has 1 fully saturated rings. The Labute approximate surface area is 238 Å². The summed E-state index contributed by atoms with van der Waals surface area (Å²) >= 11 is 3.43. The number of ketones is 2. The molecule has 0 unspecified atom stereocenters. The third-order valence-electron chi connectivity index (χ3n) is 8.35. The molecule has 40 heavy (non-hydrogen) atoms. The van der Waals surface area contributed by atoms with Gasteiger partial charge in [-0.2, -0.15) is 0 Å². The quantitative estimate of drug-likeness (QED) is 0.277. The summed E-state index contributed by atoms with van der Waals surface area (Å²) in [6.45, 7) is 0. The maximum atomic E-state index is 14.6. The van der Waals surface area contributed by atoms with Crippen molar-refractivity contribution in [3.05, 3.63) is 136 Å². The fourth-order valence-electron chi connectivity index (χ4n) is 6.70. The van der Waals surface area contributed by atoms with E-state index in [-0.39, 0.29) is 23.0 Å². The normalized spacial score (nSPS) is 23.9. The largest absolute Gasteiger partial charge is 0.352 e. The topological polar surface area (TPSA) is 66.5 Å². The number of carbonyl (C=O) groups is 3. The zero-order valence-corrected chi connectivity index (χ0v) is 22.6. The van der Waals surface area contributed by atoms with Crippen LogP contribution in [0, 0.1) is 11.7 Å². The molecule has 1 saturated heterocycles. The molecule has 3 heterocycles. The van der Waals surface area contributed by atoms with Gasteiger partial charge in [0.05, 0.1) is 12.0 Å². The van der Waals surface area contributed by atoms with E-state index in [1.54, 1.807) is 24.3 Å². The Morgan fingerprint density at radius 3 is 2.25 bits per heavy atom. The van der Waals surface area contributed by atoms with Gasteiger partial charge in [-0.15, -0.1) is 0 Å². The highest BCUT2D eigenvalue weighted by Gasteiger charge is 2.70. The van der Waals surface area contributed by atoms with Crippen LogP contribution in [-0.2, 0) is 10.2 Å². The van der Waals surface area contributed by atoms with Crippen molar-refractivity contribution in [2.24, 2.45) is 5.92 Å². The van der Waals surface area contributed by atoms with Crippen molar-refractivity contribution in [2.45, 2.75) is 17.5 Å². The summed E-state index contributed by atoms with van der Waals surface area (Å²) in [7, 11) is 0. The van der Waals surface area contributed by atoms with E-state index in [4.69, 9.17) is 0 Å². The Hall–Kier alpha value is -4.36. The minimum absolute atomic E-state index is 0.244. The molecule has 0 bridgehead atoms. The first-order chi connectivity index (χ1) is 19.4. The van der Waals surface area contributed by atoms with Crippen LogP contribution in [-0.4, -0.2) is 29.6 Å². The molecule has 7 rings (SSSR count). The van der Waals surface area contributed by atoms with Gasteiger partial charge in [0.15, 0.2) is 11.6 Å². The lowest BCUT2D eigenvalue weighted by Gasteiger charge is -2.37. The van der Waals surface area contributed by atoms with E-state index in [9.17, 15) is 18.8 Å². The van der Waals surface area contributed by atoms with Gasteiger partial charge in [0, 0.05) is 27.0 Å². The van der Waals surface area contributed by atoms with E-state index >= 15 is 0 Å². The molecule has 5 nitrogen and oxygen atoms in total. The van der Waals surface area contributed by atoms with E-state index in [1.807, 2.05) is 65.6 Å². The fraction of sp³-hybridized carbons (Fsp3) is 0.121. The number of nitrogens with one attached hydrogen (secondary N) is 1. The molecule has 3 aliphatic heterocycles. The van der Waals surface area contributed by atoms with Gasteiger partial charge in [0.2, 0.25) is 5.91 Å². The molecule has 1 amide bonds. The Morgan fingerprint density at radius 1 is 0.825 bits per heavy atom. The van der Waals surface area contributed by atoms with Crippen LogP contribution in [0.25, 0.3) is 6.08 Å². The predicted molar refractivity (Wildman–Crippen MR) is 155 cm³/mol. The molecule has 7 heteroatoms. The molecule has 196 valence electrons. The van der Waals surface area contributed by atoms with E-state index in [2.05, 4.69) is 21.2 Å². The number of rotatable bonds is 4. The molecule has 1 N–H and O–H groups in total. The molecule has 3 aliphatic rings. The summed E-state index contributed by atoms with van der Waals surface area (Å²) < 4.78 is 14.7. The number of hydrogen-bond donors (Lipinski definition) is 1. The van der Waals surface area contributed by atoms with Crippen LogP contribution in [0.5, 0.6) is 0 Å². The van der Waals surface area contributed by atoms with Crippen LogP contribution >= 0.6 is 15.9 Å². The number of Topliss-reactive ketones (excluding diaryl/α,β-unsaturated/α-hetero) is 2. The Kier molecular flexibility index (Phi) is 5.61. The highest BCUT2D eigenvalue weighted by Crippen LogP contribution is 2.58. The predicted octanol–water partition coefficient (Wildman–Crippen LogP) is 6.44. The van der Waals surface area contributed by atoms with Gasteiger partial charge in [-0.1, -0.05) is 76.6 Å². The first kappa shape index (κ1) is 24.7. The van der Waals surface area contributed by atoms with E-state index in [0.29, 0.717) is 16.8 Å². The van der Waals surface area contributed by atoms with Gasteiger partial charge in [0.25, 0.3) is 0 Å². The Morgan fingerprint density at radius 2 is 1.48 bits per heavy atom. The second kappa shape index (κ2) is 9.10. The first-order valence-corrected chi connectivity index (χ1v) is 13.8. The van der Waals surface area contributed by atoms with Gasteiger partial charge >= 0.3 is 0 Å². The molecule has 4 aromatic rings. The van der Waals surface area contributed by atoms with Crippen LogP contribution in [0.1, 0.15) is 31.8 Å². The second-order valence-corrected chi connectivity index (χ2v) is 11.2. The molecule has 4 aromatic carbocycles. The van der Waals surface area contributed by atoms with E-state index < -0.39 is 29.2 Å². The lowest BCUT2D eigenvalue weighted by molar-refractivity contribution is -0.121. The minimum Gasteiger partial charge on any atom is -0.352 e. The number of anilines is 2. The second-order valence-electron chi connectivity index (χ2n) is 10.3. The average molecular weight is 593 g/mol. The van der Waals surface area contributed by atoms with Gasteiger partial charge in [-0.05, 0) is 59.7 Å². The molecule has 0 saturated carbocycles. The number of carbonyl (C=O) groups excluding carboxylic acids is 3. The van der Waals surface area contributed by atoms with Crippen molar-refractivity contribution in [2.75, 3.05) is 10.2 Å². The molecule has 0 aromatic heterocycles. The zero-order valence-electron chi connectivity index (χ0n) is 21.1.